The molecule has 1 N–H and O–H groups in total. The Labute approximate surface area is 152 Å². The molecule has 2 aromatic heterocycles. The first-order chi connectivity index (χ1) is 12.6. The average Bonchev–Trinajstić information content (AvgIpc) is 3.23. The summed E-state index contributed by atoms with van der Waals surface area (Å²) in [5.41, 5.74) is 2.48. The molecule has 1 amide bonds. The predicted octanol–water partition coefficient (Wildman–Crippen LogP) is 4.67. The standard InChI is InChI=1S/C20H22N2O4/c1-4-5-15-6-8-16(9-7-15)24-12-17-10-11-18(25-17)20(23)21-19-13(2)22-26-14(19)3/h6-11H,4-5,12H2,1-3H3,(H,21,23). The van der Waals surface area contributed by atoms with Crippen molar-refractivity contribution >= 4 is 11.6 Å². The Morgan fingerprint density at radius 1 is 1.15 bits per heavy atom. The van der Waals surface area contributed by atoms with Gasteiger partial charge in [-0.15, -0.1) is 0 Å². The normalized spacial score (nSPS) is 10.7. The molecule has 0 aliphatic rings. The van der Waals surface area contributed by atoms with Gasteiger partial charge < -0.3 is 19.0 Å². The monoisotopic (exact) mass is 354 g/mol. The van der Waals surface area contributed by atoms with Gasteiger partial charge in [-0.1, -0.05) is 30.6 Å². The Bertz CT molecular complexity index is 858. The number of aryl methyl sites for hydroxylation is 3. The molecule has 0 fully saturated rings. The lowest BCUT2D eigenvalue weighted by Gasteiger charge is -2.05. The number of anilines is 1. The van der Waals surface area contributed by atoms with Crippen molar-refractivity contribution in [1.29, 1.82) is 0 Å². The van der Waals surface area contributed by atoms with Crippen LogP contribution < -0.4 is 10.1 Å². The Balaban J connectivity index is 1.58. The summed E-state index contributed by atoms with van der Waals surface area (Å²) in [6.45, 7) is 5.91. The van der Waals surface area contributed by atoms with Crippen LogP contribution in [0.15, 0.2) is 45.3 Å². The van der Waals surface area contributed by atoms with Gasteiger partial charge in [-0.3, -0.25) is 4.79 Å². The molecule has 0 bridgehead atoms. The zero-order valence-electron chi connectivity index (χ0n) is 15.2. The van der Waals surface area contributed by atoms with Gasteiger partial charge in [0.15, 0.2) is 11.5 Å². The summed E-state index contributed by atoms with van der Waals surface area (Å²) in [5, 5.41) is 6.56. The number of hydrogen-bond donors (Lipinski definition) is 1. The van der Waals surface area contributed by atoms with Crippen LogP contribution in [0.4, 0.5) is 5.69 Å². The molecule has 136 valence electrons. The number of furan rings is 1. The fourth-order valence-electron chi connectivity index (χ4n) is 2.61. The topological polar surface area (TPSA) is 77.5 Å². The maximum absolute atomic E-state index is 12.3. The number of ether oxygens (including phenoxy) is 1. The number of amides is 1. The van der Waals surface area contributed by atoms with Gasteiger partial charge in [0, 0.05) is 0 Å². The molecule has 0 saturated carbocycles. The van der Waals surface area contributed by atoms with Gasteiger partial charge >= 0.3 is 0 Å². The number of rotatable bonds is 7. The Morgan fingerprint density at radius 3 is 2.58 bits per heavy atom. The van der Waals surface area contributed by atoms with E-state index in [-0.39, 0.29) is 18.3 Å². The first-order valence-corrected chi connectivity index (χ1v) is 8.61. The SMILES string of the molecule is CCCc1ccc(OCc2ccc(C(=O)Nc3c(C)noc3C)o2)cc1. The molecule has 2 heterocycles. The number of nitrogens with one attached hydrogen (secondary N) is 1. The second kappa shape index (κ2) is 7.91. The van der Waals surface area contributed by atoms with Gasteiger partial charge in [0.25, 0.3) is 5.91 Å². The molecule has 0 spiro atoms. The maximum atomic E-state index is 12.3. The van der Waals surface area contributed by atoms with Crippen LogP contribution in [0.2, 0.25) is 0 Å². The van der Waals surface area contributed by atoms with Crippen molar-refractivity contribution in [2.45, 2.75) is 40.2 Å². The van der Waals surface area contributed by atoms with Gasteiger partial charge in [-0.05, 0) is 50.1 Å². The minimum atomic E-state index is -0.352. The van der Waals surface area contributed by atoms with Gasteiger partial charge in [0.2, 0.25) is 0 Å². The minimum absolute atomic E-state index is 0.210. The highest BCUT2D eigenvalue weighted by Crippen LogP contribution is 2.21. The highest BCUT2D eigenvalue weighted by atomic mass is 16.5. The van der Waals surface area contributed by atoms with E-state index in [1.54, 1.807) is 26.0 Å². The molecule has 0 unspecified atom stereocenters. The molecule has 0 aliphatic heterocycles. The lowest BCUT2D eigenvalue weighted by atomic mass is 10.1. The summed E-state index contributed by atoms with van der Waals surface area (Å²) < 4.78 is 16.3. The third-order valence-corrected chi connectivity index (χ3v) is 4.00. The first-order valence-electron chi connectivity index (χ1n) is 8.61. The molecule has 3 rings (SSSR count). The van der Waals surface area contributed by atoms with E-state index < -0.39 is 0 Å². The number of aromatic nitrogens is 1. The molecule has 6 nitrogen and oxygen atoms in total. The second-order valence-electron chi connectivity index (χ2n) is 6.10. The van der Waals surface area contributed by atoms with E-state index in [9.17, 15) is 4.79 Å². The lowest BCUT2D eigenvalue weighted by molar-refractivity contribution is 0.0992. The molecule has 1 aromatic carbocycles. The van der Waals surface area contributed by atoms with Crippen LogP contribution in [-0.4, -0.2) is 11.1 Å². The fourth-order valence-corrected chi connectivity index (χ4v) is 2.61. The fraction of sp³-hybridized carbons (Fsp3) is 0.300. The molecule has 0 aliphatic carbocycles. The van der Waals surface area contributed by atoms with Gasteiger partial charge in [0.1, 0.15) is 29.5 Å². The van der Waals surface area contributed by atoms with Crippen LogP contribution >= 0.6 is 0 Å². The number of hydrogen-bond acceptors (Lipinski definition) is 5. The third-order valence-electron chi connectivity index (χ3n) is 4.00. The van der Waals surface area contributed by atoms with Crippen LogP contribution in [0.25, 0.3) is 0 Å². The van der Waals surface area contributed by atoms with Gasteiger partial charge in [-0.2, -0.15) is 0 Å². The second-order valence-corrected chi connectivity index (χ2v) is 6.10. The summed E-state index contributed by atoms with van der Waals surface area (Å²) in [6.07, 6.45) is 2.17. The molecule has 26 heavy (non-hydrogen) atoms. The summed E-state index contributed by atoms with van der Waals surface area (Å²) >= 11 is 0. The first kappa shape index (κ1) is 17.8. The van der Waals surface area contributed by atoms with Crippen LogP contribution in [0.3, 0.4) is 0 Å². The maximum Gasteiger partial charge on any atom is 0.291 e. The van der Waals surface area contributed by atoms with Crippen LogP contribution in [0.5, 0.6) is 5.75 Å². The van der Waals surface area contributed by atoms with Crippen LogP contribution in [0.1, 0.15) is 46.7 Å². The van der Waals surface area contributed by atoms with E-state index in [2.05, 4.69) is 29.5 Å². The van der Waals surface area contributed by atoms with Crippen LogP contribution in [0, 0.1) is 13.8 Å². The van der Waals surface area contributed by atoms with Crippen molar-refractivity contribution in [3.63, 3.8) is 0 Å². The largest absolute Gasteiger partial charge is 0.486 e. The summed E-state index contributed by atoms with van der Waals surface area (Å²) in [5.74, 6) is 1.75. The Morgan fingerprint density at radius 2 is 1.92 bits per heavy atom. The number of nitrogens with zero attached hydrogens (tertiary/aromatic N) is 1. The summed E-state index contributed by atoms with van der Waals surface area (Å²) in [4.78, 5) is 12.3. The van der Waals surface area contributed by atoms with E-state index in [1.165, 1.54) is 5.56 Å². The van der Waals surface area contributed by atoms with E-state index in [4.69, 9.17) is 13.7 Å². The lowest BCUT2D eigenvalue weighted by Crippen LogP contribution is -2.12. The quantitative estimate of drug-likeness (QED) is 0.667. The van der Waals surface area contributed by atoms with Gasteiger partial charge in [-0.25, -0.2) is 0 Å². The summed E-state index contributed by atoms with van der Waals surface area (Å²) in [7, 11) is 0. The molecular formula is C20H22N2O4. The number of benzene rings is 1. The molecular weight excluding hydrogens is 332 g/mol. The van der Waals surface area contributed by atoms with E-state index in [1.807, 2.05) is 12.1 Å². The smallest absolute Gasteiger partial charge is 0.291 e. The summed E-state index contributed by atoms with van der Waals surface area (Å²) in [6, 6.07) is 11.4. The number of carbonyl (C=O) groups is 1. The van der Waals surface area contributed by atoms with E-state index in [0.29, 0.717) is 22.9 Å². The van der Waals surface area contributed by atoms with Crippen molar-refractivity contribution in [2.75, 3.05) is 5.32 Å². The highest BCUT2D eigenvalue weighted by molar-refractivity contribution is 6.02. The Kier molecular flexibility index (Phi) is 5.41. The third kappa shape index (κ3) is 4.14. The van der Waals surface area contributed by atoms with E-state index >= 15 is 0 Å². The Hall–Kier alpha value is -3.02. The molecule has 6 heteroatoms. The molecule has 0 radical (unpaired) electrons. The zero-order valence-corrected chi connectivity index (χ0v) is 15.2. The molecule has 3 aromatic rings. The highest BCUT2D eigenvalue weighted by Gasteiger charge is 2.16. The van der Waals surface area contributed by atoms with Gasteiger partial charge in [0.05, 0.1) is 0 Å². The van der Waals surface area contributed by atoms with Crippen molar-refractivity contribution in [3.8, 4) is 5.75 Å². The van der Waals surface area contributed by atoms with Crippen molar-refractivity contribution in [1.82, 2.24) is 5.16 Å². The molecule has 0 atom stereocenters. The van der Waals surface area contributed by atoms with Crippen molar-refractivity contribution in [3.05, 3.63) is 64.9 Å². The van der Waals surface area contributed by atoms with E-state index in [0.717, 1.165) is 18.6 Å². The predicted molar refractivity (Wildman–Crippen MR) is 97.4 cm³/mol. The van der Waals surface area contributed by atoms with Crippen LogP contribution in [-0.2, 0) is 13.0 Å². The zero-order chi connectivity index (χ0) is 18.5. The number of carbonyl (C=O) groups excluding carboxylic acids is 1. The average molecular weight is 354 g/mol. The van der Waals surface area contributed by atoms with Crippen molar-refractivity contribution in [2.24, 2.45) is 0 Å². The molecule has 0 saturated heterocycles. The minimum Gasteiger partial charge on any atom is -0.486 e. The van der Waals surface area contributed by atoms with Crippen molar-refractivity contribution < 1.29 is 18.5 Å².